The monoisotopic (exact) mass is 242 g/mol. The van der Waals surface area contributed by atoms with Gasteiger partial charge in [-0.25, -0.2) is 8.78 Å². The van der Waals surface area contributed by atoms with Gasteiger partial charge < -0.3 is 9.84 Å². The van der Waals surface area contributed by atoms with Crippen molar-refractivity contribution in [3.05, 3.63) is 29.8 Å². The second-order valence-corrected chi connectivity index (χ2v) is 4.58. The van der Waals surface area contributed by atoms with Crippen molar-refractivity contribution in [3.63, 3.8) is 0 Å². The second-order valence-electron chi connectivity index (χ2n) is 4.58. The molecule has 0 amide bonds. The van der Waals surface area contributed by atoms with Gasteiger partial charge >= 0.3 is 0 Å². The minimum atomic E-state index is -0.925. The average Bonchev–Trinajstić information content (AvgIpc) is 2.35. The predicted octanol–water partition coefficient (Wildman–Crippen LogP) is 3.04. The molecule has 4 heteroatoms. The lowest BCUT2D eigenvalue weighted by atomic mass is 9.85. The number of benzene rings is 1. The first-order valence-corrected chi connectivity index (χ1v) is 5.90. The summed E-state index contributed by atoms with van der Waals surface area (Å²) in [6, 6.07) is 3.46. The van der Waals surface area contributed by atoms with Gasteiger partial charge in [0.15, 0.2) is 11.6 Å². The van der Waals surface area contributed by atoms with Gasteiger partial charge in [0.25, 0.3) is 0 Å². The van der Waals surface area contributed by atoms with Crippen molar-refractivity contribution in [1.29, 1.82) is 0 Å². The molecule has 1 aliphatic carbocycles. The summed E-state index contributed by atoms with van der Waals surface area (Å²) in [5, 5.41) is 9.43. The summed E-state index contributed by atoms with van der Waals surface area (Å²) < 4.78 is 31.5. The van der Waals surface area contributed by atoms with Crippen LogP contribution >= 0.6 is 0 Å². The van der Waals surface area contributed by atoms with Crippen molar-refractivity contribution < 1.29 is 18.6 Å². The number of aliphatic hydroxyl groups is 1. The normalized spacial score (nSPS) is 19.0. The van der Waals surface area contributed by atoms with E-state index < -0.39 is 17.2 Å². The van der Waals surface area contributed by atoms with Gasteiger partial charge in [0.2, 0.25) is 0 Å². The van der Waals surface area contributed by atoms with Crippen LogP contribution in [0.15, 0.2) is 18.2 Å². The summed E-state index contributed by atoms with van der Waals surface area (Å²) in [7, 11) is 0. The molecule has 1 fully saturated rings. The van der Waals surface area contributed by atoms with E-state index in [1.807, 2.05) is 0 Å². The first-order chi connectivity index (χ1) is 8.15. The standard InChI is InChI=1S/C13H16F2O2/c14-11-5-4-10(8-12(11)15)17-13(9-16)6-2-1-3-7-13/h4-5,8,16H,1-3,6-7,9H2. The summed E-state index contributed by atoms with van der Waals surface area (Å²) in [6.45, 7) is -0.0913. The zero-order valence-electron chi connectivity index (χ0n) is 9.59. The van der Waals surface area contributed by atoms with Gasteiger partial charge in [0.05, 0.1) is 6.61 Å². The van der Waals surface area contributed by atoms with Crippen LogP contribution in [-0.4, -0.2) is 17.3 Å². The van der Waals surface area contributed by atoms with Crippen LogP contribution in [-0.2, 0) is 0 Å². The molecule has 0 unspecified atom stereocenters. The van der Waals surface area contributed by atoms with E-state index >= 15 is 0 Å². The van der Waals surface area contributed by atoms with Crippen molar-refractivity contribution >= 4 is 0 Å². The molecule has 0 saturated heterocycles. The second kappa shape index (κ2) is 5.00. The quantitative estimate of drug-likeness (QED) is 0.882. The molecule has 0 aliphatic heterocycles. The Balaban J connectivity index is 2.14. The molecule has 1 aromatic carbocycles. The van der Waals surface area contributed by atoms with Gasteiger partial charge in [-0.1, -0.05) is 6.42 Å². The lowest BCUT2D eigenvalue weighted by Gasteiger charge is -2.36. The maximum Gasteiger partial charge on any atom is 0.162 e. The van der Waals surface area contributed by atoms with Crippen molar-refractivity contribution in [1.82, 2.24) is 0 Å². The first-order valence-electron chi connectivity index (χ1n) is 5.90. The predicted molar refractivity (Wildman–Crippen MR) is 59.9 cm³/mol. The molecule has 2 nitrogen and oxygen atoms in total. The number of hydrogen-bond acceptors (Lipinski definition) is 2. The fraction of sp³-hybridized carbons (Fsp3) is 0.538. The minimum Gasteiger partial charge on any atom is -0.485 e. The van der Waals surface area contributed by atoms with Crippen LogP contribution in [0.3, 0.4) is 0 Å². The van der Waals surface area contributed by atoms with Gasteiger partial charge in [-0.05, 0) is 37.8 Å². The highest BCUT2D eigenvalue weighted by Crippen LogP contribution is 2.33. The molecule has 1 aliphatic rings. The van der Waals surface area contributed by atoms with E-state index in [4.69, 9.17) is 4.74 Å². The lowest BCUT2D eigenvalue weighted by molar-refractivity contribution is -0.0200. The molecular formula is C13H16F2O2. The Hall–Kier alpha value is -1.16. The van der Waals surface area contributed by atoms with Crippen LogP contribution < -0.4 is 4.74 Å². The minimum absolute atomic E-state index is 0.0913. The molecule has 0 spiro atoms. The molecule has 94 valence electrons. The highest BCUT2D eigenvalue weighted by atomic mass is 19.2. The lowest BCUT2D eigenvalue weighted by Crippen LogP contribution is -2.42. The fourth-order valence-electron chi connectivity index (χ4n) is 2.28. The number of hydrogen-bond donors (Lipinski definition) is 1. The van der Waals surface area contributed by atoms with Gasteiger partial charge in [0.1, 0.15) is 11.4 Å². The van der Waals surface area contributed by atoms with E-state index in [9.17, 15) is 13.9 Å². The summed E-state index contributed by atoms with van der Waals surface area (Å²) in [6.07, 6.45) is 4.61. The van der Waals surface area contributed by atoms with Crippen LogP contribution in [0.25, 0.3) is 0 Å². The van der Waals surface area contributed by atoms with Crippen LogP contribution in [0.1, 0.15) is 32.1 Å². The van der Waals surface area contributed by atoms with Crippen molar-refractivity contribution in [2.24, 2.45) is 0 Å². The SMILES string of the molecule is OCC1(Oc2ccc(F)c(F)c2)CCCCC1. The third kappa shape index (κ3) is 2.75. The van der Waals surface area contributed by atoms with Crippen LogP contribution in [0.2, 0.25) is 0 Å². The Morgan fingerprint density at radius 1 is 1.12 bits per heavy atom. The summed E-state index contributed by atoms with van der Waals surface area (Å²) in [5.74, 6) is -1.54. The van der Waals surface area contributed by atoms with Crippen molar-refractivity contribution in [3.8, 4) is 5.75 Å². The smallest absolute Gasteiger partial charge is 0.162 e. The van der Waals surface area contributed by atoms with E-state index in [2.05, 4.69) is 0 Å². The molecule has 0 atom stereocenters. The number of aliphatic hydroxyl groups excluding tert-OH is 1. The maximum absolute atomic E-state index is 13.0. The zero-order chi connectivity index (χ0) is 12.3. The number of ether oxygens (including phenoxy) is 1. The molecular weight excluding hydrogens is 226 g/mol. The molecule has 1 N–H and O–H groups in total. The third-order valence-corrected chi connectivity index (χ3v) is 3.28. The third-order valence-electron chi connectivity index (χ3n) is 3.28. The highest BCUT2D eigenvalue weighted by Gasteiger charge is 2.33. The molecule has 2 rings (SSSR count). The Bertz CT molecular complexity index is 387. The van der Waals surface area contributed by atoms with Crippen LogP contribution in [0, 0.1) is 11.6 Å². The zero-order valence-corrected chi connectivity index (χ0v) is 9.59. The Kier molecular flexibility index (Phi) is 3.62. The topological polar surface area (TPSA) is 29.5 Å². The van der Waals surface area contributed by atoms with Crippen LogP contribution in [0.5, 0.6) is 5.75 Å². The molecule has 0 radical (unpaired) electrons. The van der Waals surface area contributed by atoms with Crippen LogP contribution in [0.4, 0.5) is 8.78 Å². The van der Waals surface area contributed by atoms with Gasteiger partial charge in [0, 0.05) is 6.07 Å². The molecule has 0 aromatic heterocycles. The Labute approximate surface area is 99.2 Å². The van der Waals surface area contributed by atoms with E-state index in [1.165, 1.54) is 6.07 Å². The number of rotatable bonds is 3. The van der Waals surface area contributed by atoms with E-state index in [1.54, 1.807) is 0 Å². The summed E-state index contributed by atoms with van der Waals surface area (Å²) in [5.41, 5.74) is -0.623. The molecule has 17 heavy (non-hydrogen) atoms. The summed E-state index contributed by atoms with van der Waals surface area (Å²) in [4.78, 5) is 0. The van der Waals surface area contributed by atoms with Gasteiger partial charge in [-0.3, -0.25) is 0 Å². The van der Waals surface area contributed by atoms with Crippen molar-refractivity contribution in [2.45, 2.75) is 37.7 Å². The first kappa shape index (κ1) is 12.3. The Morgan fingerprint density at radius 2 is 1.82 bits per heavy atom. The molecule has 1 aromatic rings. The molecule has 0 heterocycles. The summed E-state index contributed by atoms with van der Waals surface area (Å²) >= 11 is 0. The van der Waals surface area contributed by atoms with E-state index in [0.29, 0.717) is 0 Å². The Morgan fingerprint density at radius 3 is 2.41 bits per heavy atom. The van der Waals surface area contributed by atoms with Gasteiger partial charge in [-0.2, -0.15) is 0 Å². The average molecular weight is 242 g/mol. The molecule has 1 saturated carbocycles. The van der Waals surface area contributed by atoms with Gasteiger partial charge in [-0.15, -0.1) is 0 Å². The van der Waals surface area contributed by atoms with E-state index in [0.717, 1.165) is 44.2 Å². The largest absolute Gasteiger partial charge is 0.485 e. The molecule has 0 bridgehead atoms. The van der Waals surface area contributed by atoms with Crippen molar-refractivity contribution in [2.75, 3.05) is 6.61 Å². The van der Waals surface area contributed by atoms with E-state index in [-0.39, 0.29) is 12.4 Å². The fourth-order valence-corrected chi connectivity index (χ4v) is 2.28. The maximum atomic E-state index is 13.0. The highest BCUT2D eigenvalue weighted by molar-refractivity contribution is 5.24. The number of halogens is 2.